The zero-order chi connectivity index (χ0) is 14.4. The maximum absolute atomic E-state index is 11.9. The monoisotopic (exact) mass is 282 g/mol. The number of nitrogens with one attached hydrogen (secondary N) is 3. The van der Waals surface area contributed by atoms with Gasteiger partial charge in [0.2, 0.25) is 5.91 Å². The fourth-order valence-corrected chi connectivity index (χ4v) is 2.09. The van der Waals surface area contributed by atoms with E-state index in [1.807, 2.05) is 0 Å². The second-order valence-electron chi connectivity index (χ2n) is 5.24. The molecule has 3 amide bonds. The molecule has 0 bridgehead atoms. The number of carbonyl (C=O) groups is 3. The summed E-state index contributed by atoms with van der Waals surface area (Å²) in [6.45, 7) is 2.93. The van der Waals surface area contributed by atoms with Gasteiger partial charge in [-0.2, -0.15) is 0 Å². The Labute approximate surface area is 118 Å². The molecule has 2 fully saturated rings. The molecule has 0 aromatic rings. The van der Waals surface area contributed by atoms with E-state index in [0.717, 1.165) is 25.8 Å². The molecule has 0 atom stereocenters. The van der Waals surface area contributed by atoms with Gasteiger partial charge in [-0.05, 0) is 25.8 Å². The molecule has 112 valence electrons. The van der Waals surface area contributed by atoms with Crippen LogP contribution in [0.1, 0.15) is 25.7 Å². The van der Waals surface area contributed by atoms with E-state index in [0.29, 0.717) is 25.7 Å². The van der Waals surface area contributed by atoms with Crippen LogP contribution in [0, 0.1) is 0 Å². The van der Waals surface area contributed by atoms with Crippen LogP contribution in [0.25, 0.3) is 0 Å². The first-order valence-corrected chi connectivity index (χ1v) is 7.24. The van der Waals surface area contributed by atoms with Gasteiger partial charge >= 0.3 is 11.8 Å². The quantitative estimate of drug-likeness (QED) is 0.553. The Bertz CT molecular complexity index is 374. The first kappa shape index (κ1) is 14.8. The first-order valence-electron chi connectivity index (χ1n) is 7.24. The Morgan fingerprint density at radius 2 is 1.95 bits per heavy atom. The number of hydrogen-bond acceptors (Lipinski definition) is 4. The highest BCUT2D eigenvalue weighted by atomic mass is 16.2. The molecule has 20 heavy (non-hydrogen) atoms. The predicted octanol–water partition coefficient (Wildman–Crippen LogP) is -1.41. The van der Waals surface area contributed by atoms with Crippen molar-refractivity contribution in [1.82, 2.24) is 20.9 Å². The summed E-state index contributed by atoms with van der Waals surface area (Å²) in [4.78, 5) is 36.6. The third-order valence-corrected chi connectivity index (χ3v) is 3.40. The molecule has 1 aliphatic heterocycles. The highest BCUT2D eigenvalue weighted by Gasteiger charge is 2.24. The van der Waals surface area contributed by atoms with Crippen molar-refractivity contribution < 1.29 is 14.4 Å². The minimum atomic E-state index is -0.619. The van der Waals surface area contributed by atoms with Crippen LogP contribution in [0.2, 0.25) is 0 Å². The predicted molar refractivity (Wildman–Crippen MR) is 72.9 cm³/mol. The molecule has 3 N–H and O–H groups in total. The molecule has 1 saturated heterocycles. The molecule has 1 saturated carbocycles. The Hall–Kier alpha value is -1.63. The minimum Gasteiger partial charge on any atom is -0.353 e. The number of amides is 3. The van der Waals surface area contributed by atoms with E-state index in [1.54, 1.807) is 4.90 Å². The molecule has 0 aromatic carbocycles. The SMILES string of the molecule is O=C(CCNC(=O)C(=O)N1CCCNCC1)NC1CC1. The molecule has 7 nitrogen and oxygen atoms in total. The highest BCUT2D eigenvalue weighted by molar-refractivity contribution is 6.35. The molecule has 2 rings (SSSR count). The van der Waals surface area contributed by atoms with Crippen LogP contribution >= 0.6 is 0 Å². The fraction of sp³-hybridized carbons (Fsp3) is 0.769. The summed E-state index contributed by atoms with van der Waals surface area (Å²) in [5, 5.41) is 8.52. The highest BCUT2D eigenvalue weighted by Crippen LogP contribution is 2.18. The summed E-state index contributed by atoms with van der Waals surface area (Å²) in [6, 6.07) is 0.324. The van der Waals surface area contributed by atoms with E-state index in [2.05, 4.69) is 16.0 Å². The van der Waals surface area contributed by atoms with Gasteiger partial charge in [-0.3, -0.25) is 14.4 Å². The van der Waals surface area contributed by atoms with E-state index in [4.69, 9.17) is 0 Å². The van der Waals surface area contributed by atoms with Gasteiger partial charge in [0.15, 0.2) is 0 Å². The van der Waals surface area contributed by atoms with Crippen LogP contribution in [0.15, 0.2) is 0 Å². The Balaban J connectivity index is 1.64. The summed E-state index contributed by atoms with van der Waals surface area (Å²) >= 11 is 0. The van der Waals surface area contributed by atoms with Gasteiger partial charge in [0.05, 0.1) is 0 Å². The number of rotatable bonds is 4. The maximum Gasteiger partial charge on any atom is 0.311 e. The molecule has 2 aliphatic rings. The Morgan fingerprint density at radius 3 is 2.70 bits per heavy atom. The normalized spacial score (nSPS) is 19.1. The first-order chi connectivity index (χ1) is 9.66. The molecule has 0 unspecified atom stereocenters. The van der Waals surface area contributed by atoms with Gasteiger partial charge in [-0.15, -0.1) is 0 Å². The van der Waals surface area contributed by atoms with Gasteiger partial charge in [0, 0.05) is 38.6 Å². The second-order valence-corrected chi connectivity index (χ2v) is 5.24. The molecule has 1 heterocycles. The zero-order valence-electron chi connectivity index (χ0n) is 11.6. The lowest BCUT2D eigenvalue weighted by atomic mass is 10.3. The van der Waals surface area contributed by atoms with Crippen molar-refractivity contribution in [2.24, 2.45) is 0 Å². The maximum atomic E-state index is 11.9. The third-order valence-electron chi connectivity index (χ3n) is 3.40. The lowest BCUT2D eigenvalue weighted by Crippen LogP contribution is -2.45. The Morgan fingerprint density at radius 1 is 1.15 bits per heavy atom. The number of carbonyl (C=O) groups excluding carboxylic acids is 3. The fourth-order valence-electron chi connectivity index (χ4n) is 2.09. The molecule has 1 aliphatic carbocycles. The van der Waals surface area contributed by atoms with E-state index in [-0.39, 0.29) is 18.9 Å². The van der Waals surface area contributed by atoms with E-state index >= 15 is 0 Å². The van der Waals surface area contributed by atoms with E-state index in [1.165, 1.54) is 0 Å². The lowest BCUT2D eigenvalue weighted by molar-refractivity contribution is -0.145. The topological polar surface area (TPSA) is 90.5 Å². The smallest absolute Gasteiger partial charge is 0.311 e. The van der Waals surface area contributed by atoms with E-state index in [9.17, 15) is 14.4 Å². The van der Waals surface area contributed by atoms with Crippen LogP contribution in [-0.2, 0) is 14.4 Å². The second kappa shape index (κ2) is 7.23. The van der Waals surface area contributed by atoms with Crippen LogP contribution in [0.5, 0.6) is 0 Å². The molecular formula is C13H22N4O3. The van der Waals surface area contributed by atoms with Crippen molar-refractivity contribution >= 4 is 17.7 Å². The molecule has 0 spiro atoms. The van der Waals surface area contributed by atoms with Crippen LogP contribution in [0.3, 0.4) is 0 Å². The van der Waals surface area contributed by atoms with Crippen molar-refractivity contribution in [3.05, 3.63) is 0 Å². The van der Waals surface area contributed by atoms with Gasteiger partial charge < -0.3 is 20.9 Å². The van der Waals surface area contributed by atoms with Gasteiger partial charge in [-0.25, -0.2) is 0 Å². The largest absolute Gasteiger partial charge is 0.353 e. The molecule has 7 heteroatoms. The summed E-state index contributed by atoms with van der Waals surface area (Å²) in [6.07, 6.45) is 3.15. The summed E-state index contributed by atoms with van der Waals surface area (Å²) < 4.78 is 0. The van der Waals surface area contributed by atoms with Crippen molar-refractivity contribution in [2.45, 2.75) is 31.7 Å². The van der Waals surface area contributed by atoms with E-state index < -0.39 is 11.8 Å². The van der Waals surface area contributed by atoms with Crippen LogP contribution < -0.4 is 16.0 Å². The van der Waals surface area contributed by atoms with Crippen molar-refractivity contribution in [3.8, 4) is 0 Å². The molecule has 0 radical (unpaired) electrons. The standard InChI is InChI=1S/C13H22N4O3/c18-11(16-10-2-3-10)4-6-15-12(19)13(20)17-8-1-5-14-7-9-17/h10,14H,1-9H2,(H,15,19)(H,16,18). The average Bonchev–Trinajstić information content (AvgIpc) is 3.23. The third kappa shape index (κ3) is 4.80. The summed E-state index contributed by atoms with van der Waals surface area (Å²) in [5.41, 5.74) is 0. The van der Waals surface area contributed by atoms with Crippen molar-refractivity contribution in [1.29, 1.82) is 0 Å². The molecule has 0 aromatic heterocycles. The average molecular weight is 282 g/mol. The van der Waals surface area contributed by atoms with Gasteiger partial charge in [0.25, 0.3) is 0 Å². The summed E-state index contributed by atoms with van der Waals surface area (Å²) in [7, 11) is 0. The lowest BCUT2D eigenvalue weighted by Gasteiger charge is -2.19. The number of nitrogens with zero attached hydrogens (tertiary/aromatic N) is 1. The van der Waals surface area contributed by atoms with Crippen molar-refractivity contribution in [2.75, 3.05) is 32.7 Å². The van der Waals surface area contributed by atoms with Crippen LogP contribution in [0.4, 0.5) is 0 Å². The number of hydrogen-bond donors (Lipinski definition) is 3. The van der Waals surface area contributed by atoms with Crippen LogP contribution in [-0.4, -0.2) is 61.4 Å². The summed E-state index contributed by atoms with van der Waals surface area (Å²) in [5.74, 6) is -1.19. The van der Waals surface area contributed by atoms with Gasteiger partial charge in [0.1, 0.15) is 0 Å². The minimum absolute atomic E-state index is 0.0702. The van der Waals surface area contributed by atoms with Crippen molar-refractivity contribution in [3.63, 3.8) is 0 Å². The zero-order valence-corrected chi connectivity index (χ0v) is 11.6. The van der Waals surface area contributed by atoms with Gasteiger partial charge in [-0.1, -0.05) is 0 Å². The molecular weight excluding hydrogens is 260 g/mol. The Kier molecular flexibility index (Phi) is 5.34.